The second-order valence-electron chi connectivity index (χ2n) is 5.80. The molecule has 0 amide bonds. The fourth-order valence-corrected chi connectivity index (χ4v) is 2.79. The molecule has 1 atom stereocenters. The van der Waals surface area contributed by atoms with E-state index in [0.717, 1.165) is 23.4 Å². The van der Waals surface area contributed by atoms with Crippen LogP contribution in [-0.2, 0) is 6.42 Å². The van der Waals surface area contributed by atoms with E-state index >= 15 is 0 Å². The second kappa shape index (κ2) is 3.77. The van der Waals surface area contributed by atoms with Gasteiger partial charge in [0.15, 0.2) is 5.78 Å². The first kappa shape index (κ1) is 12.0. The first-order valence-electron chi connectivity index (χ1n) is 6.06. The maximum absolute atomic E-state index is 12.1. The van der Waals surface area contributed by atoms with Crippen molar-refractivity contribution in [3.05, 3.63) is 23.0 Å². The van der Waals surface area contributed by atoms with Crippen LogP contribution in [0, 0.1) is 24.7 Å². The fraction of sp³-hybridized carbons (Fsp3) is 0.533. The smallest absolute Gasteiger partial charge is 0.165 e. The third-order valence-corrected chi connectivity index (χ3v) is 3.55. The highest BCUT2D eigenvalue weighted by molar-refractivity contribution is 5.99. The van der Waals surface area contributed by atoms with Gasteiger partial charge in [0.05, 0.1) is 6.04 Å². The van der Waals surface area contributed by atoms with Crippen molar-refractivity contribution in [2.24, 2.45) is 5.41 Å². The lowest BCUT2D eigenvalue weighted by Crippen LogP contribution is -2.28. The molecular formula is C15H19NO. The zero-order valence-corrected chi connectivity index (χ0v) is 11.0. The summed E-state index contributed by atoms with van der Waals surface area (Å²) in [4.78, 5) is 12.1. The summed E-state index contributed by atoms with van der Waals surface area (Å²) in [6.45, 7) is 8.30. The third-order valence-electron chi connectivity index (χ3n) is 3.55. The molecule has 1 aromatic heterocycles. The SMILES string of the molecule is C#CC(C)n1c(C)cc2c1CC(C)(C)CC2=O. The molecule has 1 aliphatic rings. The maximum atomic E-state index is 12.1. The molecule has 0 spiro atoms. The predicted molar refractivity (Wildman–Crippen MR) is 69.1 cm³/mol. The molecule has 1 aromatic rings. The lowest BCUT2D eigenvalue weighted by molar-refractivity contribution is 0.0910. The van der Waals surface area contributed by atoms with Crippen LogP contribution in [0.4, 0.5) is 0 Å². The fourth-order valence-electron chi connectivity index (χ4n) is 2.79. The summed E-state index contributed by atoms with van der Waals surface area (Å²) in [7, 11) is 0. The van der Waals surface area contributed by atoms with Crippen molar-refractivity contribution >= 4 is 5.78 Å². The number of aryl methyl sites for hydroxylation is 1. The Bertz CT molecular complexity index is 514. The van der Waals surface area contributed by atoms with Gasteiger partial charge in [-0.3, -0.25) is 4.79 Å². The molecule has 90 valence electrons. The average Bonchev–Trinajstić information content (AvgIpc) is 2.52. The Morgan fingerprint density at radius 1 is 1.47 bits per heavy atom. The Labute approximate surface area is 103 Å². The molecule has 2 rings (SSSR count). The van der Waals surface area contributed by atoms with Gasteiger partial charge in [-0.05, 0) is 31.7 Å². The molecule has 0 fully saturated rings. The Kier molecular flexibility index (Phi) is 2.66. The van der Waals surface area contributed by atoms with Crippen molar-refractivity contribution in [1.82, 2.24) is 4.57 Å². The van der Waals surface area contributed by atoms with Crippen LogP contribution in [0.15, 0.2) is 6.07 Å². The van der Waals surface area contributed by atoms with E-state index in [1.165, 1.54) is 0 Å². The molecule has 1 aliphatic carbocycles. The van der Waals surface area contributed by atoms with Gasteiger partial charge >= 0.3 is 0 Å². The van der Waals surface area contributed by atoms with Gasteiger partial charge < -0.3 is 4.57 Å². The zero-order valence-electron chi connectivity index (χ0n) is 11.0. The Morgan fingerprint density at radius 2 is 2.12 bits per heavy atom. The van der Waals surface area contributed by atoms with Gasteiger partial charge in [-0.2, -0.15) is 0 Å². The van der Waals surface area contributed by atoms with E-state index < -0.39 is 0 Å². The van der Waals surface area contributed by atoms with Crippen molar-refractivity contribution < 1.29 is 4.79 Å². The van der Waals surface area contributed by atoms with E-state index in [-0.39, 0.29) is 17.2 Å². The van der Waals surface area contributed by atoms with E-state index in [0.29, 0.717) is 6.42 Å². The highest BCUT2D eigenvalue weighted by Crippen LogP contribution is 2.37. The average molecular weight is 229 g/mol. The maximum Gasteiger partial charge on any atom is 0.165 e. The number of aromatic nitrogens is 1. The Balaban J connectivity index is 2.60. The monoisotopic (exact) mass is 229 g/mol. The van der Waals surface area contributed by atoms with Crippen LogP contribution in [-0.4, -0.2) is 10.4 Å². The minimum absolute atomic E-state index is 0.0143. The molecule has 0 aliphatic heterocycles. The molecule has 1 unspecified atom stereocenters. The van der Waals surface area contributed by atoms with Gasteiger partial charge in [0.25, 0.3) is 0 Å². The number of terminal acetylenes is 1. The number of Topliss-reactive ketones (excluding diaryl/α,β-unsaturated/α-hetero) is 1. The van der Waals surface area contributed by atoms with Crippen LogP contribution in [0.2, 0.25) is 0 Å². The number of ketones is 1. The quantitative estimate of drug-likeness (QED) is 0.678. The number of carbonyl (C=O) groups is 1. The van der Waals surface area contributed by atoms with Crippen LogP contribution >= 0.6 is 0 Å². The minimum atomic E-state index is 0.0143. The van der Waals surface area contributed by atoms with Crippen molar-refractivity contribution in [2.45, 2.75) is 46.6 Å². The van der Waals surface area contributed by atoms with Crippen LogP contribution in [0.5, 0.6) is 0 Å². The molecule has 2 heteroatoms. The van der Waals surface area contributed by atoms with Crippen molar-refractivity contribution in [3.63, 3.8) is 0 Å². The van der Waals surface area contributed by atoms with Gasteiger partial charge in [-0.15, -0.1) is 6.42 Å². The van der Waals surface area contributed by atoms with Gasteiger partial charge in [0.1, 0.15) is 0 Å². The van der Waals surface area contributed by atoms with Gasteiger partial charge in [0.2, 0.25) is 0 Å². The summed E-state index contributed by atoms with van der Waals surface area (Å²) < 4.78 is 2.13. The second-order valence-corrected chi connectivity index (χ2v) is 5.80. The molecule has 0 saturated carbocycles. The summed E-state index contributed by atoms with van der Waals surface area (Å²) in [6, 6.07) is 2.00. The summed E-state index contributed by atoms with van der Waals surface area (Å²) in [5.74, 6) is 3.00. The minimum Gasteiger partial charge on any atom is -0.334 e. The molecule has 1 heterocycles. The van der Waals surface area contributed by atoms with Crippen molar-refractivity contribution in [3.8, 4) is 12.3 Å². The van der Waals surface area contributed by atoms with Crippen LogP contribution in [0.3, 0.4) is 0 Å². The van der Waals surface area contributed by atoms with Crippen LogP contribution in [0.25, 0.3) is 0 Å². The molecule has 0 N–H and O–H groups in total. The molecule has 0 bridgehead atoms. The lowest BCUT2D eigenvalue weighted by Gasteiger charge is -2.30. The highest BCUT2D eigenvalue weighted by Gasteiger charge is 2.34. The summed E-state index contributed by atoms with van der Waals surface area (Å²) >= 11 is 0. The first-order chi connectivity index (χ1) is 7.85. The van der Waals surface area contributed by atoms with E-state index in [1.807, 2.05) is 19.9 Å². The largest absolute Gasteiger partial charge is 0.334 e. The van der Waals surface area contributed by atoms with Crippen molar-refractivity contribution in [1.29, 1.82) is 0 Å². The standard InChI is InChI=1S/C15H19NO/c1-6-10(2)16-11(3)7-12-13(16)8-15(4,5)9-14(12)17/h1,7,10H,8-9H2,2-5H3. The molecule has 0 radical (unpaired) electrons. The molecule has 0 saturated heterocycles. The topological polar surface area (TPSA) is 22.0 Å². The van der Waals surface area contributed by atoms with Gasteiger partial charge in [-0.1, -0.05) is 19.8 Å². The van der Waals surface area contributed by atoms with Crippen LogP contribution in [0.1, 0.15) is 55.0 Å². The zero-order chi connectivity index (χ0) is 12.8. The first-order valence-corrected chi connectivity index (χ1v) is 6.06. The summed E-state index contributed by atoms with van der Waals surface area (Å²) in [5.41, 5.74) is 3.13. The summed E-state index contributed by atoms with van der Waals surface area (Å²) in [5, 5.41) is 0. The predicted octanol–water partition coefficient (Wildman–Crippen LogP) is 3.15. The molecule has 17 heavy (non-hydrogen) atoms. The third kappa shape index (κ3) is 1.91. The lowest BCUT2D eigenvalue weighted by atomic mass is 9.76. The number of fused-ring (bicyclic) bond motifs is 1. The molecule has 0 aromatic carbocycles. The van der Waals surface area contributed by atoms with Gasteiger partial charge in [-0.25, -0.2) is 0 Å². The number of hydrogen-bond donors (Lipinski definition) is 0. The number of rotatable bonds is 1. The van der Waals surface area contributed by atoms with Gasteiger partial charge in [0, 0.05) is 23.4 Å². The molecule has 2 nitrogen and oxygen atoms in total. The normalized spacial score (nSPS) is 19.6. The number of hydrogen-bond acceptors (Lipinski definition) is 1. The number of carbonyl (C=O) groups excluding carboxylic acids is 1. The molecular weight excluding hydrogens is 210 g/mol. The number of nitrogens with zero attached hydrogens (tertiary/aromatic N) is 1. The van der Waals surface area contributed by atoms with Crippen molar-refractivity contribution in [2.75, 3.05) is 0 Å². The van der Waals surface area contributed by atoms with E-state index in [1.54, 1.807) is 0 Å². The Hall–Kier alpha value is -1.49. The van der Waals surface area contributed by atoms with E-state index in [9.17, 15) is 4.79 Å². The van der Waals surface area contributed by atoms with Crippen LogP contribution < -0.4 is 0 Å². The Morgan fingerprint density at radius 3 is 2.71 bits per heavy atom. The highest BCUT2D eigenvalue weighted by atomic mass is 16.1. The van der Waals surface area contributed by atoms with E-state index in [2.05, 4.69) is 24.3 Å². The van der Waals surface area contributed by atoms with E-state index in [4.69, 9.17) is 6.42 Å². The summed E-state index contributed by atoms with van der Waals surface area (Å²) in [6.07, 6.45) is 7.07.